The van der Waals surface area contributed by atoms with Gasteiger partial charge in [0.25, 0.3) is 0 Å². The third-order valence-corrected chi connectivity index (χ3v) is 3.58. The van der Waals surface area contributed by atoms with E-state index in [2.05, 4.69) is 42.3 Å². The summed E-state index contributed by atoms with van der Waals surface area (Å²) in [5.41, 5.74) is 2.56. The number of nitrogens with one attached hydrogen (secondary N) is 1. The minimum Gasteiger partial charge on any atom is -0.491 e. The van der Waals surface area contributed by atoms with Gasteiger partial charge >= 0.3 is 0 Å². The molecule has 0 aromatic heterocycles. The van der Waals surface area contributed by atoms with E-state index in [1.807, 2.05) is 0 Å². The van der Waals surface area contributed by atoms with E-state index >= 15 is 0 Å². The largest absolute Gasteiger partial charge is 0.491 e. The van der Waals surface area contributed by atoms with Crippen LogP contribution in [0.1, 0.15) is 31.7 Å². The van der Waals surface area contributed by atoms with Crippen molar-refractivity contribution in [3.8, 4) is 5.75 Å². The number of hydrogen-bond donors (Lipinski definition) is 1. The van der Waals surface area contributed by atoms with Gasteiger partial charge in [0.2, 0.25) is 0 Å². The number of benzene rings is 1. The van der Waals surface area contributed by atoms with Crippen LogP contribution in [0, 0.1) is 6.92 Å². The summed E-state index contributed by atoms with van der Waals surface area (Å²) in [4.78, 5) is 2.43. The molecule has 1 aromatic carbocycles. The molecule has 1 aliphatic rings. The van der Waals surface area contributed by atoms with Crippen molar-refractivity contribution in [1.29, 1.82) is 0 Å². The molecule has 0 saturated carbocycles. The highest BCUT2D eigenvalue weighted by atomic mass is 16.5. The second kappa shape index (κ2) is 7.39. The van der Waals surface area contributed by atoms with Gasteiger partial charge in [-0.25, -0.2) is 0 Å². The number of hydrogen-bond acceptors (Lipinski definition) is 3. The Balaban J connectivity index is 2.03. The van der Waals surface area contributed by atoms with Gasteiger partial charge in [-0.2, -0.15) is 0 Å². The van der Waals surface area contributed by atoms with Gasteiger partial charge in [0.05, 0.1) is 12.3 Å². The van der Waals surface area contributed by atoms with Crippen molar-refractivity contribution < 1.29 is 4.74 Å². The van der Waals surface area contributed by atoms with E-state index in [1.165, 1.54) is 24.1 Å². The number of rotatable bonds is 6. The van der Waals surface area contributed by atoms with E-state index in [-0.39, 0.29) is 0 Å². The number of ether oxygens (including phenoxy) is 1. The van der Waals surface area contributed by atoms with Crippen LogP contribution >= 0.6 is 0 Å². The highest BCUT2D eigenvalue weighted by molar-refractivity contribution is 5.60. The summed E-state index contributed by atoms with van der Waals surface area (Å²) in [7, 11) is 0. The standard InChI is InChI=1S/C16H26N2O/c1-3-4-5-12-19-16-7-6-14(2)13-15(16)18-10-8-17-9-11-18/h6-7,13,17H,3-5,8-12H2,1-2H3. The van der Waals surface area contributed by atoms with Gasteiger partial charge in [-0.1, -0.05) is 25.8 Å². The first-order valence-electron chi connectivity index (χ1n) is 7.50. The van der Waals surface area contributed by atoms with Crippen LogP contribution in [0.4, 0.5) is 5.69 Å². The second-order valence-electron chi connectivity index (χ2n) is 5.26. The molecule has 3 heteroatoms. The molecule has 0 bridgehead atoms. The number of aryl methyl sites for hydroxylation is 1. The number of unbranched alkanes of at least 4 members (excludes halogenated alkanes) is 2. The van der Waals surface area contributed by atoms with Gasteiger partial charge in [0.1, 0.15) is 5.75 Å². The van der Waals surface area contributed by atoms with Crippen LogP contribution < -0.4 is 15.0 Å². The zero-order chi connectivity index (χ0) is 13.5. The van der Waals surface area contributed by atoms with Crippen molar-refractivity contribution in [1.82, 2.24) is 5.32 Å². The Labute approximate surface area is 116 Å². The molecular weight excluding hydrogens is 236 g/mol. The maximum atomic E-state index is 5.99. The van der Waals surface area contributed by atoms with Crippen LogP contribution in [-0.2, 0) is 0 Å². The third kappa shape index (κ3) is 4.13. The molecule has 0 amide bonds. The van der Waals surface area contributed by atoms with E-state index in [0.717, 1.165) is 45.0 Å². The molecule has 19 heavy (non-hydrogen) atoms. The molecule has 0 atom stereocenters. The van der Waals surface area contributed by atoms with Gasteiger partial charge in [-0.3, -0.25) is 0 Å². The topological polar surface area (TPSA) is 24.5 Å². The van der Waals surface area contributed by atoms with Crippen molar-refractivity contribution in [2.75, 3.05) is 37.7 Å². The predicted octanol–water partition coefficient (Wildman–Crippen LogP) is 2.97. The van der Waals surface area contributed by atoms with Crippen LogP contribution in [-0.4, -0.2) is 32.8 Å². The first-order chi connectivity index (χ1) is 9.31. The first-order valence-corrected chi connectivity index (χ1v) is 7.50. The zero-order valence-corrected chi connectivity index (χ0v) is 12.2. The molecule has 1 aromatic rings. The van der Waals surface area contributed by atoms with Gasteiger partial charge < -0.3 is 15.0 Å². The van der Waals surface area contributed by atoms with E-state index in [1.54, 1.807) is 0 Å². The molecule has 0 aliphatic carbocycles. The molecule has 1 fully saturated rings. The van der Waals surface area contributed by atoms with Crippen molar-refractivity contribution in [2.45, 2.75) is 33.1 Å². The normalized spacial score (nSPS) is 15.6. The Hall–Kier alpha value is -1.22. The van der Waals surface area contributed by atoms with Gasteiger partial charge in [0, 0.05) is 26.2 Å². The number of piperazine rings is 1. The molecule has 1 N–H and O–H groups in total. The molecule has 0 unspecified atom stereocenters. The summed E-state index contributed by atoms with van der Waals surface area (Å²) >= 11 is 0. The van der Waals surface area contributed by atoms with Crippen molar-refractivity contribution in [3.63, 3.8) is 0 Å². The summed E-state index contributed by atoms with van der Waals surface area (Å²) < 4.78 is 5.99. The summed E-state index contributed by atoms with van der Waals surface area (Å²) in [5, 5.41) is 3.40. The summed E-state index contributed by atoms with van der Waals surface area (Å²) in [6, 6.07) is 6.51. The molecule has 2 rings (SSSR count). The Morgan fingerprint density at radius 3 is 2.74 bits per heavy atom. The quantitative estimate of drug-likeness (QED) is 0.798. The van der Waals surface area contributed by atoms with Crippen molar-refractivity contribution >= 4 is 5.69 Å². The lowest BCUT2D eigenvalue weighted by Crippen LogP contribution is -2.43. The minimum absolute atomic E-state index is 0.829. The van der Waals surface area contributed by atoms with Gasteiger partial charge in [-0.15, -0.1) is 0 Å². The van der Waals surface area contributed by atoms with E-state index < -0.39 is 0 Å². The summed E-state index contributed by atoms with van der Waals surface area (Å²) in [6.07, 6.45) is 3.63. The minimum atomic E-state index is 0.829. The fraction of sp³-hybridized carbons (Fsp3) is 0.625. The lowest BCUT2D eigenvalue weighted by atomic mass is 10.1. The molecule has 1 heterocycles. The number of anilines is 1. The fourth-order valence-electron chi connectivity index (χ4n) is 2.44. The average Bonchev–Trinajstić information content (AvgIpc) is 2.46. The third-order valence-electron chi connectivity index (χ3n) is 3.58. The zero-order valence-electron chi connectivity index (χ0n) is 12.2. The van der Waals surface area contributed by atoms with Crippen LogP contribution in [0.5, 0.6) is 5.75 Å². The van der Waals surface area contributed by atoms with Crippen molar-refractivity contribution in [3.05, 3.63) is 23.8 Å². The second-order valence-corrected chi connectivity index (χ2v) is 5.26. The molecule has 0 radical (unpaired) electrons. The van der Waals surface area contributed by atoms with Crippen LogP contribution in [0.3, 0.4) is 0 Å². The van der Waals surface area contributed by atoms with Crippen LogP contribution in [0.2, 0.25) is 0 Å². The highest BCUT2D eigenvalue weighted by Crippen LogP contribution is 2.30. The Kier molecular flexibility index (Phi) is 5.52. The average molecular weight is 262 g/mol. The lowest BCUT2D eigenvalue weighted by Gasteiger charge is -2.31. The Bertz CT molecular complexity index is 386. The SMILES string of the molecule is CCCCCOc1ccc(C)cc1N1CCNCC1. The highest BCUT2D eigenvalue weighted by Gasteiger charge is 2.15. The first kappa shape index (κ1) is 14.2. The Morgan fingerprint density at radius 2 is 2.00 bits per heavy atom. The summed E-state index contributed by atoms with van der Waals surface area (Å²) in [5.74, 6) is 1.05. The van der Waals surface area contributed by atoms with Gasteiger partial charge in [-0.05, 0) is 31.0 Å². The lowest BCUT2D eigenvalue weighted by molar-refractivity contribution is 0.306. The Morgan fingerprint density at radius 1 is 1.21 bits per heavy atom. The maximum absolute atomic E-state index is 5.99. The van der Waals surface area contributed by atoms with E-state index in [4.69, 9.17) is 4.74 Å². The van der Waals surface area contributed by atoms with E-state index in [0.29, 0.717) is 0 Å². The summed E-state index contributed by atoms with van der Waals surface area (Å²) in [6.45, 7) is 9.44. The van der Waals surface area contributed by atoms with Gasteiger partial charge in [0.15, 0.2) is 0 Å². The molecule has 106 valence electrons. The van der Waals surface area contributed by atoms with Crippen LogP contribution in [0.15, 0.2) is 18.2 Å². The van der Waals surface area contributed by atoms with Crippen molar-refractivity contribution in [2.24, 2.45) is 0 Å². The smallest absolute Gasteiger partial charge is 0.142 e. The number of nitrogens with zero attached hydrogens (tertiary/aromatic N) is 1. The van der Waals surface area contributed by atoms with E-state index in [9.17, 15) is 0 Å². The molecule has 3 nitrogen and oxygen atoms in total. The molecule has 1 saturated heterocycles. The maximum Gasteiger partial charge on any atom is 0.142 e. The predicted molar refractivity (Wildman–Crippen MR) is 81.3 cm³/mol. The fourth-order valence-corrected chi connectivity index (χ4v) is 2.44. The molecular formula is C16H26N2O. The monoisotopic (exact) mass is 262 g/mol. The molecule has 0 spiro atoms. The van der Waals surface area contributed by atoms with Crippen LogP contribution in [0.25, 0.3) is 0 Å². The molecule has 1 aliphatic heterocycles.